The van der Waals surface area contributed by atoms with Crippen molar-refractivity contribution in [3.8, 4) is 0 Å². The lowest BCUT2D eigenvalue weighted by Gasteiger charge is -2.07. The molecule has 0 aliphatic carbocycles. The number of Topliss-reactive ketones (excluding diaryl/α,β-unsaturated/α-hetero) is 1. The minimum atomic E-state index is -3.93. The third kappa shape index (κ3) is 3.30. The largest absolute Gasteiger partial charge is 0.399 e. The number of hydrogen-bond donors (Lipinski definition) is 1. The van der Waals surface area contributed by atoms with Crippen LogP contribution in [0.5, 0.6) is 0 Å². The lowest BCUT2D eigenvalue weighted by atomic mass is 10.1. The van der Waals surface area contributed by atoms with Crippen molar-refractivity contribution in [1.29, 1.82) is 0 Å². The van der Waals surface area contributed by atoms with Crippen molar-refractivity contribution in [3.63, 3.8) is 0 Å². The van der Waals surface area contributed by atoms with Gasteiger partial charge in [0.25, 0.3) is 10.0 Å². The SMILES string of the molecule is CC(=O)c1ccc(N)cc1S(=O)(=O)/N=C/N(C)C. The summed E-state index contributed by atoms with van der Waals surface area (Å²) in [5.74, 6) is -0.353. The minimum absolute atomic E-state index is 0.0834. The fourth-order valence-corrected chi connectivity index (χ4v) is 2.46. The lowest BCUT2D eigenvalue weighted by molar-refractivity contribution is 0.101. The van der Waals surface area contributed by atoms with E-state index in [4.69, 9.17) is 5.73 Å². The fraction of sp³-hybridized carbons (Fsp3) is 0.273. The molecule has 0 radical (unpaired) electrons. The Bertz CT molecular complexity index is 592. The number of nitrogens with two attached hydrogens (primary N) is 1. The van der Waals surface area contributed by atoms with Gasteiger partial charge in [-0.1, -0.05) is 0 Å². The molecule has 0 unspecified atom stereocenters. The number of sulfonamides is 1. The van der Waals surface area contributed by atoms with E-state index in [2.05, 4.69) is 4.40 Å². The third-order valence-corrected chi connectivity index (χ3v) is 3.35. The van der Waals surface area contributed by atoms with E-state index in [1.54, 1.807) is 14.1 Å². The van der Waals surface area contributed by atoms with Gasteiger partial charge in [-0.05, 0) is 25.1 Å². The van der Waals surface area contributed by atoms with Crippen LogP contribution in [0.4, 0.5) is 5.69 Å². The predicted molar refractivity (Wildman–Crippen MR) is 70.2 cm³/mol. The van der Waals surface area contributed by atoms with Crippen LogP contribution in [0.3, 0.4) is 0 Å². The average Bonchev–Trinajstić information content (AvgIpc) is 2.26. The number of anilines is 1. The van der Waals surface area contributed by atoms with E-state index in [1.807, 2.05) is 0 Å². The quantitative estimate of drug-likeness (QED) is 0.377. The van der Waals surface area contributed by atoms with Crippen molar-refractivity contribution < 1.29 is 13.2 Å². The Morgan fingerprint density at radius 1 is 1.39 bits per heavy atom. The van der Waals surface area contributed by atoms with Crippen LogP contribution in [0.25, 0.3) is 0 Å². The number of benzene rings is 1. The number of nitrogen functional groups attached to an aromatic ring is 1. The summed E-state index contributed by atoms with van der Waals surface area (Å²) in [7, 11) is -0.640. The number of carbonyl (C=O) groups is 1. The molecule has 1 aromatic rings. The normalized spacial score (nSPS) is 11.7. The van der Waals surface area contributed by atoms with Crippen LogP contribution in [-0.2, 0) is 10.0 Å². The maximum atomic E-state index is 12.0. The first-order chi connectivity index (χ1) is 8.24. The highest BCUT2D eigenvalue weighted by molar-refractivity contribution is 7.90. The number of rotatable bonds is 4. The standard InChI is InChI=1S/C11H15N3O3S/c1-8(15)10-5-4-9(12)6-11(10)18(16,17)13-7-14(2)3/h4-7H,12H2,1-3H3/b13-7+. The molecular weight excluding hydrogens is 254 g/mol. The van der Waals surface area contributed by atoms with E-state index in [0.717, 1.165) is 6.34 Å². The Balaban J connectivity index is 3.40. The van der Waals surface area contributed by atoms with Gasteiger partial charge in [0, 0.05) is 25.3 Å². The Hall–Kier alpha value is -1.89. The van der Waals surface area contributed by atoms with Crippen LogP contribution in [0.15, 0.2) is 27.5 Å². The van der Waals surface area contributed by atoms with E-state index in [-0.39, 0.29) is 21.9 Å². The Labute approximate surface area is 106 Å². The van der Waals surface area contributed by atoms with Crippen LogP contribution in [0.2, 0.25) is 0 Å². The summed E-state index contributed by atoms with van der Waals surface area (Å²) in [6, 6.07) is 4.10. The maximum Gasteiger partial charge on any atom is 0.284 e. The van der Waals surface area contributed by atoms with Gasteiger partial charge >= 0.3 is 0 Å². The molecule has 0 atom stereocenters. The second-order valence-corrected chi connectivity index (χ2v) is 5.57. The molecular formula is C11H15N3O3S. The number of hydrogen-bond acceptors (Lipinski definition) is 4. The van der Waals surface area contributed by atoms with Crippen LogP contribution < -0.4 is 5.73 Å². The highest BCUT2D eigenvalue weighted by Crippen LogP contribution is 2.21. The van der Waals surface area contributed by atoms with Crippen molar-refractivity contribution in [1.82, 2.24) is 4.90 Å². The monoisotopic (exact) mass is 269 g/mol. The second-order valence-electron chi connectivity index (χ2n) is 3.97. The van der Waals surface area contributed by atoms with E-state index in [1.165, 1.54) is 30.0 Å². The van der Waals surface area contributed by atoms with E-state index >= 15 is 0 Å². The van der Waals surface area contributed by atoms with Gasteiger partial charge < -0.3 is 10.6 Å². The van der Waals surface area contributed by atoms with E-state index < -0.39 is 10.0 Å². The van der Waals surface area contributed by atoms with Gasteiger partial charge in [0.1, 0.15) is 11.2 Å². The zero-order chi connectivity index (χ0) is 13.9. The van der Waals surface area contributed by atoms with Crippen molar-refractivity contribution in [2.45, 2.75) is 11.8 Å². The van der Waals surface area contributed by atoms with Crippen LogP contribution in [0, 0.1) is 0 Å². The number of ketones is 1. The Kier molecular flexibility index (Phi) is 4.07. The Morgan fingerprint density at radius 2 is 2.00 bits per heavy atom. The molecule has 0 saturated heterocycles. The first-order valence-corrected chi connectivity index (χ1v) is 6.55. The summed E-state index contributed by atoms with van der Waals surface area (Å²) in [5, 5.41) is 0. The molecule has 0 heterocycles. The molecule has 1 rings (SSSR count). The van der Waals surface area contributed by atoms with Gasteiger partial charge in [-0.2, -0.15) is 8.42 Å². The van der Waals surface area contributed by atoms with Gasteiger partial charge in [0.2, 0.25) is 0 Å². The summed E-state index contributed by atoms with van der Waals surface area (Å²) in [4.78, 5) is 12.7. The van der Waals surface area contributed by atoms with Crippen molar-refractivity contribution in [2.24, 2.45) is 4.40 Å². The lowest BCUT2D eigenvalue weighted by Crippen LogP contribution is -2.12. The highest BCUT2D eigenvalue weighted by Gasteiger charge is 2.20. The molecule has 0 aliphatic rings. The molecule has 98 valence electrons. The predicted octanol–water partition coefficient (Wildman–Crippen LogP) is 0.750. The first kappa shape index (κ1) is 14.2. The molecule has 0 saturated carbocycles. The van der Waals surface area contributed by atoms with Crippen LogP contribution >= 0.6 is 0 Å². The summed E-state index contributed by atoms with van der Waals surface area (Å²) >= 11 is 0. The number of carbonyl (C=O) groups excluding carboxylic acids is 1. The fourth-order valence-electron chi connectivity index (χ4n) is 1.26. The minimum Gasteiger partial charge on any atom is -0.399 e. The van der Waals surface area contributed by atoms with Crippen LogP contribution in [-0.4, -0.2) is 39.5 Å². The van der Waals surface area contributed by atoms with E-state index in [9.17, 15) is 13.2 Å². The van der Waals surface area contributed by atoms with Crippen molar-refractivity contribution >= 4 is 27.8 Å². The molecule has 2 N–H and O–H groups in total. The summed E-state index contributed by atoms with van der Waals surface area (Å²) in [6.45, 7) is 1.29. The molecule has 0 aliphatic heterocycles. The van der Waals surface area contributed by atoms with Gasteiger partial charge in [-0.3, -0.25) is 4.79 Å². The maximum absolute atomic E-state index is 12.0. The smallest absolute Gasteiger partial charge is 0.284 e. The number of nitrogens with zero attached hydrogens (tertiary/aromatic N) is 2. The topological polar surface area (TPSA) is 92.8 Å². The molecule has 0 amide bonds. The highest BCUT2D eigenvalue weighted by atomic mass is 32.2. The summed E-state index contributed by atoms with van der Waals surface area (Å²) in [6.07, 6.45) is 1.16. The molecule has 0 aromatic heterocycles. The van der Waals surface area contributed by atoms with Gasteiger partial charge in [0.15, 0.2) is 5.78 Å². The van der Waals surface area contributed by atoms with E-state index in [0.29, 0.717) is 0 Å². The van der Waals surface area contributed by atoms with Gasteiger partial charge in [-0.25, -0.2) is 0 Å². The molecule has 7 heteroatoms. The Morgan fingerprint density at radius 3 is 2.50 bits per heavy atom. The molecule has 6 nitrogen and oxygen atoms in total. The van der Waals surface area contributed by atoms with Gasteiger partial charge in [-0.15, -0.1) is 4.40 Å². The molecule has 0 bridgehead atoms. The molecule has 18 heavy (non-hydrogen) atoms. The van der Waals surface area contributed by atoms with Crippen molar-refractivity contribution in [2.75, 3.05) is 19.8 Å². The zero-order valence-corrected chi connectivity index (χ0v) is 11.2. The molecule has 1 aromatic carbocycles. The third-order valence-electron chi connectivity index (χ3n) is 2.08. The van der Waals surface area contributed by atoms with Gasteiger partial charge in [0.05, 0.1) is 0 Å². The second kappa shape index (κ2) is 5.18. The summed E-state index contributed by atoms with van der Waals surface area (Å²) < 4.78 is 27.4. The van der Waals surface area contributed by atoms with Crippen molar-refractivity contribution in [3.05, 3.63) is 23.8 Å². The molecule has 0 spiro atoms. The zero-order valence-electron chi connectivity index (χ0n) is 10.4. The average molecular weight is 269 g/mol. The first-order valence-electron chi connectivity index (χ1n) is 5.11. The summed E-state index contributed by atoms with van der Waals surface area (Å²) in [5.41, 5.74) is 5.89. The van der Waals surface area contributed by atoms with Crippen LogP contribution in [0.1, 0.15) is 17.3 Å². The molecule has 0 fully saturated rings.